The number of nitrogens with zero attached hydrogens (tertiary/aromatic N) is 1. The molecule has 2 rings (SSSR count). The summed E-state index contributed by atoms with van der Waals surface area (Å²) >= 11 is 0. The molecule has 1 aliphatic heterocycles. The van der Waals surface area contributed by atoms with Gasteiger partial charge in [-0.15, -0.1) is 0 Å². The van der Waals surface area contributed by atoms with Gasteiger partial charge in [-0.25, -0.2) is 8.78 Å². The summed E-state index contributed by atoms with van der Waals surface area (Å²) in [5.41, 5.74) is 0. The van der Waals surface area contributed by atoms with Gasteiger partial charge in [-0.3, -0.25) is 4.90 Å². The molecule has 118 valence electrons. The van der Waals surface area contributed by atoms with Crippen molar-refractivity contribution < 1.29 is 8.78 Å². The van der Waals surface area contributed by atoms with Gasteiger partial charge in [-0.1, -0.05) is 33.1 Å². The highest BCUT2D eigenvalue weighted by Crippen LogP contribution is 2.31. The van der Waals surface area contributed by atoms with Crippen molar-refractivity contribution in [2.24, 2.45) is 11.8 Å². The van der Waals surface area contributed by atoms with Crippen LogP contribution in [0.2, 0.25) is 0 Å². The Morgan fingerprint density at radius 3 is 2.45 bits per heavy atom. The second-order valence-corrected chi connectivity index (χ2v) is 7.05. The van der Waals surface area contributed by atoms with Crippen LogP contribution >= 0.6 is 0 Å². The molecule has 0 amide bonds. The van der Waals surface area contributed by atoms with Crippen LogP contribution in [0.25, 0.3) is 0 Å². The van der Waals surface area contributed by atoms with Gasteiger partial charge in [0, 0.05) is 25.2 Å². The van der Waals surface area contributed by atoms with Crippen LogP contribution in [0.3, 0.4) is 0 Å². The molecule has 2 nitrogen and oxygen atoms in total. The number of hydrogen-bond donors (Lipinski definition) is 1. The van der Waals surface area contributed by atoms with E-state index in [0.717, 1.165) is 19.5 Å². The summed E-state index contributed by atoms with van der Waals surface area (Å²) in [5.74, 6) is 1.24. The fourth-order valence-corrected chi connectivity index (χ4v) is 4.00. The van der Waals surface area contributed by atoms with Crippen molar-refractivity contribution in [2.75, 3.05) is 19.6 Å². The lowest BCUT2D eigenvalue weighted by Gasteiger charge is -2.45. The summed E-state index contributed by atoms with van der Waals surface area (Å²) in [7, 11) is 0. The molecule has 20 heavy (non-hydrogen) atoms. The summed E-state index contributed by atoms with van der Waals surface area (Å²) in [5, 5.41) is 3.61. The minimum atomic E-state index is -2.21. The summed E-state index contributed by atoms with van der Waals surface area (Å²) in [6.45, 7) is 6.05. The minimum Gasteiger partial charge on any atom is -0.311 e. The fourth-order valence-electron chi connectivity index (χ4n) is 4.00. The molecule has 1 N–H and O–H groups in total. The molecule has 2 atom stereocenters. The van der Waals surface area contributed by atoms with Crippen molar-refractivity contribution >= 4 is 0 Å². The molecule has 1 saturated carbocycles. The third-order valence-corrected chi connectivity index (χ3v) is 4.86. The first-order chi connectivity index (χ1) is 9.56. The second kappa shape index (κ2) is 7.69. The van der Waals surface area contributed by atoms with E-state index in [1.165, 1.54) is 32.1 Å². The highest BCUT2D eigenvalue weighted by atomic mass is 19.3. The van der Waals surface area contributed by atoms with Crippen LogP contribution in [0.15, 0.2) is 0 Å². The molecule has 0 aromatic rings. The second-order valence-electron chi connectivity index (χ2n) is 7.05. The van der Waals surface area contributed by atoms with Gasteiger partial charge in [-0.05, 0) is 31.1 Å². The van der Waals surface area contributed by atoms with Gasteiger partial charge in [0.05, 0.1) is 6.54 Å². The summed E-state index contributed by atoms with van der Waals surface area (Å²) in [4.78, 5) is 2.09. The maximum Gasteiger partial charge on any atom is 0.251 e. The Labute approximate surface area is 122 Å². The molecule has 1 heterocycles. The van der Waals surface area contributed by atoms with Gasteiger partial charge in [0.1, 0.15) is 0 Å². The molecule has 0 aromatic heterocycles. The van der Waals surface area contributed by atoms with E-state index in [9.17, 15) is 8.78 Å². The van der Waals surface area contributed by atoms with E-state index in [-0.39, 0.29) is 6.54 Å². The third kappa shape index (κ3) is 4.66. The first-order valence-electron chi connectivity index (χ1n) is 8.32. The van der Waals surface area contributed by atoms with Crippen LogP contribution in [0.5, 0.6) is 0 Å². The van der Waals surface area contributed by atoms with Crippen molar-refractivity contribution in [2.45, 2.75) is 70.9 Å². The van der Waals surface area contributed by atoms with E-state index < -0.39 is 6.43 Å². The van der Waals surface area contributed by atoms with Crippen LogP contribution in [-0.4, -0.2) is 43.0 Å². The average molecular weight is 288 g/mol. The van der Waals surface area contributed by atoms with Gasteiger partial charge in [0.25, 0.3) is 6.43 Å². The van der Waals surface area contributed by atoms with E-state index in [0.29, 0.717) is 23.9 Å². The number of halogens is 2. The van der Waals surface area contributed by atoms with Crippen molar-refractivity contribution in [1.82, 2.24) is 10.2 Å². The summed E-state index contributed by atoms with van der Waals surface area (Å²) in [6.07, 6.45) is 5.19. The molecule has 2 aliphatic rings. The number of nitrogens with one attached hydrogen (secondary N) is 1. The van der Waals surface area contributed by atoms with E-state index >= 15 is 0 Å². The molecule has 4 heteroatoms. The zero-order valence-corrected chi connectivity index (χ0v) is 13.0. The Morgan fingerprint density at radius 1 is 1.15 bits per heavy atom. The molecular weight excluding hydrogens is 258 g/mol. The number of piperazine rings is 1. The first kappa shape index (κ1) is 16.2. The Bertz CT molecular complexity index is 278. The Balaban J connectivity index is 1.95. The average Bonchev–Trinajstić information content (AvgIpc) is 2.38. The zero-order chi connectivity index (χ0) is 14.5. The summed E-state index contributed by atoms with van der Waals surface area (Å²) < 4.78 is 25.8. The third-order valence-electron chi connectivity index (χ3n) is 4.86. The van der Waals surface area contributed by atoms with Crippen molar-refractivity contribution in [3.63, 3.8) is 0 Å². The van der Waals surface area contributed by atoms with Gasteiger partial charge in [0.2, 0.25) is 0 Å². The highest BCUT2D eigenvalue weighted by Gasteiger charge is 2.35. The van der Waals surface area contributed by atoms with E-state index in [4.69, 9.17) is 0 Å². The molecule has 0 spiro atoms. The lowest BCUT2D eigenvalue weighted by Crippen LogP contribution is -2.60. The van der Waals surface area contributed by atoms with Crippen LogP contribution in [0.1, 0.15) is 52.4 Å². The number of hydrogen-bond acceptors (Lipinski definition) is 2. The fraction of sp³-hybridized carbons (Fsp3) is 1.00. The van der Waals surface area contributed by atoms with Crippen molar-refractivity contribution in [3.05, 3.63) is 0 Å². The molecule has 1 saturated heterocycles. The largest absolute Gasteiger partial charge is 0.311 e. The SMILES string of the molecule is CC(C)CC1CN(CC(F)F)C(C2CCCCC2)CN1. The molecule has 0 aromatic carbocycles. The van der Waals surface area contributed by atoms with Gasteiger partial charge in [0.15, 0.2) is 0 Å². The smallest absolute Gasteiger partial charge is 0.251 e. The van der Waals surface area contributed by atoms with Crippen molar-refractivity contribution in [1.29, 1.82) is 0 Å². The zero-order valence-electron chi connectivity index (χ0n) is 13.0. The lowest BCUT2D eigenvalue weighted by atomic mass is 9.82. The molecule has 2 unspecified atom stereocenters. The Kier molecular flexibility index (Phi) is 6.21. The molecule has 1 aliphatic carbocycles. The number of alkyl halides is 2. The quantitative estimate of drug-likeness (QED) is 0.832. The normalized spacial score (nSPS) is 30.3. The monoisotopic (exact) mass is 288 g/mol. The van der Waals surface area contributed by atoms with E-state index in [2.05, 4.69) is 24.1 Å². The predicted octanol–water partition coefficient (Wildman–Crippen LogP) is 3.52. The van der Waals surface area contributed by atoms with Gasteiger partial charge in [-0.2, -0.15) is 0 Å². The maximum absolute atomic E-state index is 12.9. The van der Waals surface area contributed by atoms with E-state index in [1.807, 2.05) is 0 Å². The van der Waals surface area contributed by atoms with Crippen LogP contribution in [0, 0.1) is 11.8 Å². The van der Waals surface area contributed by atoms with Gasteiger partial charge >= 0.3 is 0 Å². The number of rotatable bonds is 5. The molecule has 0 bridgehead atoms. The van der Waals surface area contributed by atoms with Crippen LogP contribution < -0.4 is 5.32 Å². The minimum absolute atomic E-state index is 0.0442. The van der Waals surface area contributed by atoms with Crippen molar-refractivity contribution in [3.8, 4) is 0 Å². The lowest BCUT2D eigenvalue weighted by molar-refractivity contribution is 0.0137. The first-order valence-corrected chi connectivity index (χ1v) is 8.32. The maximum atomic E-state index is 12.9. The predicted molar refractivity (Wildman–Crippen MR) is 79.2 cm³/mol. The molecular formula is C16H30F2N2. The van der Waals surface area contributed by atoms with Crippen LogP contribution in [-0.2, 0) is 0 Å². The van der Waals surface area contributed by atoms with E-state index in [1.54, 1.807) is 0 Å². The summed E-state index contributed by atoms with van der Waals surface area (Å²) in [6, 6.07) is 0.710. The highest BCUT2D eigenvalue weighted by molar-refractivity contribution is 4.91. The van der Waals surface area contributed by atoms with Gasteiger partial charge < -0.3 is 5.32 Å². The van der Waals surface area contributed by atoms with Crippen LogP contribution in [0.4, 0.5) is 8.78 Å². The standard InChI is InChI=1S/C16H30F2N2/c1-12(2)8-14-10-20(11-16(17)18)15(9-19-14)13-6-4-3-5-7-13/h12-16,19H,3-11H2,1-2H3. The topological polar surface area (TPSA) is 15.3 Å². The molecule has 2 fully saturated rings. The Hall–Kier alpha value is -0.220. The Morgan fingerprint density at radius 2 is 1.85 bits per heavy atom. The molecule has 0 radical (unpaired) electrons.